The van der Waals surface area contributed by atoms with Crippen LogP contribution in [0.15, 0.2) is 78.9 Å². The number of nitro groups is 1. The molecule has 0 bridgehead atoms. The van der Waals surface area contributed by atoms with Crippen LogP contribution in [0.3, 0.4) is 0 Å². The molecule has 0 fully saturated rings. The summed E-state index contributed by atoms with van der Waals surface area (Å²) in [6.07, 6.45) is -1.35. The molecule has 0 heterocycles. The van der Waals surface area contributed by atoms with Crippen molar-refractivity contribution in [3.8, 4) is 0 Å². The van der Waals surface area contributed by atoms with E-state index in [0.29, 0.717) is 11.1 Å². The van der Waals surface area contributed by atoms with Crippen molar-refractivity contribution in [2.45, 2.75) is 57.0 Å². The Balaban J connectivity index is 1.62. The van der Waals surface area contributed by atoms with Crippen LogP contribution >= 0.6 is 0 Å². The predicted octanol–water partition coefficient (Wildman–Crippen LogP) is -0.123. The monoisotopic (exact) mass is 704 g/mol. The Morgan fingerprint density at radius 1 is 0.765 bits per heavy atom. The maximum absolute atomic E-state index is 13.2. The first-order valence-electron chi connectivity index (χ1n) is 15.8. The molecule has 3 aromatic rings. The summed E-state index contributed by atoms with van der Waals surface area (Å²) >= 11 is 0. The van der Waals surface area contributed by atoms with Gasteiger partial charge in [-0.25, -0.2) is 0 Å². The van der Waals surface area contributed by atoms with Crippen molar-refractivity contribution in [2.75, 3.05) is 11.9 Å². The molecule has 3 rings (SSSR count). The molecule has 0 aliphatic heterocycles. The normalized spacial score (nSPS) is 13.6. The summed E-state index contributed by atoms with van der Waals surface area (Å²) in [5.74, 6) is -4.42. The zero-order valence-electron chi connectivity index (χ0n) is 27.8. The van der Waals surface area contributed by atoms with E-state index in [-0.39, 0.29) is 36.3 Å². The van der Waals surface area contributed by atoms with Crippen LogP contribution in [-0.2, 0) is 25.6 Å². The number of hydrogen-bond acceptors (Lipinski definition) is 10. The summed E-state index contributed by atoms with van der Waals surface area (Å²) in [7, 11) is 0. The van der Waals surface area contributed by atoms with Gasteiger partial charge >= 0.3 is 0 Å². The van der Waals surface area contributed by atoms with Crippen LogP contribution < -0.4 is 38.1 Å². The zero-order chi connectivity index (χ0) is 37.7. The minimum Gasteiger partial charge on any atom is -0.391 e. The van der Waals surface area contributed by atoms with Crippen LogP contribution in [0.2, 0.25) is 0 Å². The second-order valence-electron chi connectivity index (χ2n) is 11.6. The van der Waals surface area contributed by atoms with Gasteiger partial charge in [0.15, 0.2) is 0 Å². The van der Waals surface area contributed by atoms with Crippen molar-refractivity contribution in [1.82, 2.24) is 21.3 Å². The first-order valence-corrected chi connectivity index (χ1v) is 15.8. The molecule has 17 nitrogen and oxygen atoms in total. The summed E-state index contributed by atoms with van der Waals surface area (Å²) in [6.45, 7) is 2.68. The SMILES string of the molecule is C[C@H](NC(=O)[C@H](CCN)NC(=O)c1ccccc1)C(=O)N[C@H](C(=O)Nc1cccc(C(=O)N[C@H](Cc2ccc([N+](=O)[O-])cc2)C(N)=O)c1)[C@@H](C)O. The van der Waals surface area contributed by atoms with Crippen molar-refractivity contribution in [3.63, 3.8) is 0 Å². The third-order valence-electron chi connectivity index (χ3n) is 7.56. The summed E-state index contributed by atoms with van der Waals surface area (Å²) in [4.78, 5) is 87.2. The molecule has 0 spiro atoms. The van der Waals surface area contributed by atoms with E-state index in [0.717, 1.165) is 0 Å². The minimum absolute atomic E-state index is 0.0307. The van der Waals surface area contributed by atoms with Gasteiger partial charge in [0.25, 0.3) is 17.5 Å². The molecule has 3 aromatic carbocycles. The topological polar surface area (TPSA) is 278 Å². The molecule has 10 N–H and O–H groups in total. The Kier molecular flexibility index (Phi) is 14.3. The molecular weight excluding hydrogens is 664 g/mol. The van der Waals surface area contributed by atoms with Crippen LogP contribution in [-0.4, -0.2) is 82.3 Å². The first kappa shape index (κ1) is 39.2. The van der Waals surface area contributed by atoms with Gasteiger partial charge in [-0.15, -0.1) is 0 Å². The van der Waals surface area contributed by atoms with E-state index in [1.54, 1.807) is 30.3 Å². The lowest BCUT2D eigenvalue weighted by molar-refractivity contribution is -0.384. The number of non-ortho nitro benzene ring substituents is 1. The summed E-state index contributed by atoms with van der Waals surface area (Å²) < 4.78 is 0. The lowest BCUT2D eigenvalue weighted by Gasteiger charge is -2.24. The van der Waals surface area contributed by atoms with E-state index in [2.05, 4.69) is 26.6 Å². The largest absolute Gasteiger partial charge is 0.391 e. The van der Waals surface area contributed by atoms with Crippen molar-refractivity contribution < 1.29 is 38.8 Å². The summed E-state index contributed by atoms with van der Waals surface area (Å²) in [5, 5.41) is 33.7. The molecule has 0 aliphatic carbocycles. The van der Waals surface area contributed by atoms with Gasteiger partial charge in [-0.2, -0.15) is 0 Å². The first-order chi connectivity index (χ1) is 24.2. The number of aliphatic hydroxyl groups excluding tert-OH is 1. The fourth-order valence-corrected chi connectivity index (χ4v) is 4.74. The Bertz CT molecular complexity index is 1740. The summed E-state index contributed by atoms with van der Waals surface area (Å²) in [5.41, 5.74) is 11.9. The van der Waals surface area contributed by atoms with Gasteiger partial charge in [-0.1, -0.05) is 36.4 Å². The van der Waals surface area contributed by atoms with E-state index in [1.165, 1.54) is 62.4 Å². The molecule has 0 unspecified atom stereocenters. The Hall–Kier alpha value is -6.20. The lowest BCUT2D eigenvalue weighted by atomic mass is 10.0. The van der Waals surface area contributed by atoms with Crippen LogP contribution in [0, 0.1) is 10.1 Å². The molecular formula is C34H40N8O9. The number of anilines is 1. The van der Waals surface area contributed by atoms with Crippen molar-refractivity contribution in [3.05, 3.63) is 106 Å². The quantitative estimate of drug-likeness (QED) is 0.0681. The molecule has 6 amide bonds. The van der Waals surface area contributed by atoms with Crippen molar-refractivity contribution in [1.29, 1.82) is 0 Å². The molecule has 0 aromatic heterocycles. The standard InChI is InChI=1S/C34H40N8O9/c1-19(37-33(48)26(15-16-35)39-31(46)22-7-4-3-5-8-22)30(45)41-28(20(2)43)34(49)38-24-10-6-9-23(18-24)32(47)40-27(29(36)44)17-21-11-13-25(14-12-21)42(50)51/h3-14,18-20,26-28,43H,15-17,35H2,1-2H3,(H2,36,44)(H,37,48)(H,38,49)(H,39,46)(H,40,47)(H,41,45)/t19-,20+,26-,27+,28-/m0/s1. The number of carbonyl (C=O) groups is 6. The molecule has 0 saturated carbocycles. The number of benzene rings is 3. The number of nitrogens with one attached hydrogen (secondary N) is 5. The van der Waals surface area contributed by atoms with E-state index in [9.17, 15) is 44.0 Å². The number of nitrogens with two attached hydrogens (primary N) is 2. The number of hydrogen-bond donors (Lipinski definition) is 8. The van der Waals surface area contributed by atoms with Gasteiger partial charge in [-0.3, -0.25) is 38.9 Å². The average molecular weight is 705 g/mol. The molecule has 0 saturated heterocycles. The molecule has 17 heteroatoms. The van der Waals surface area contributed by atoms with Gasteiger partial charge in [-0.05, 0) is 62.7 Å². The molecule has 270 valence electrons. The van der Waals surface area contributed by atoms with E-state index in [4.69, 9.17) is 11.5 Å². The second-order valence-corrected chi connectivity index (χ2v) is 11.6. The minimum atomic E-state index is -1.49. The number of carbonyl (C=O) groups excluding carboxylic acids is 6. The van der Waals surface area contributed by atoms with Crippen LogP contribution in [0.4, 0.5) is 11.4 Å². The van der Waals surface area contributed by atoms with Crippen LogP contribution in [0.1, 0.15) is 46.5 Å². The van der Waals surface area contributed by atoms with E-state index >= 15 is 0 Å². The number of primary amides is 1. The highest BCUT2D eigenvalue weighted by molar-refractivity contribution is 6.02. The van der Waals surface area contributed by atoms with Gasteiger partial charge in [0.05, 0.1) is 11.0 Å². The number of nitro benzene ring substituents is 1. The number of amides is 6. The highest BCUT2D eigenvalue weighted by Gasteiger charge is 2.30. The summed E-state index contributed by atoms with van der Waals surface area (Å²) in [6, 6.07) is 14.3. The third-order valence-corrected chi connectivity index (χ3v) is 7.56. The van der Waals surface area contributed by atoms with Gasteiger partial charge in [0, 0.05) is 35.4 Å². The lowest BCUT2D eigenvalue weighted by Crippen LogP contribution is -2.57. The number of rotatable bonds is 17. The molecule has 0 aliphatic rings. The second kappa shape index (κ2) is 18.5. The van der Waals surface area contributed by atoms with Crippen molar-refractivity contribution in [2.24, 2.45) is 11.5 Å². The van der Waals surface area contributed by atoms with Gasteiger partial charge in [0.2, 0.25) is 23.6 Å². The predicted molar refractivity (Wildman–Crippen MR) is 185 cm³/mol. The van der Waals surface area contributed by atoms with E-state index < -0.39 is 70.6 Å². The third kappa shape index (κ3) is 11.7. The zero-order valence-corrected chi connectivity index (χ0v) is 27.8. The number of nitrogens with zero attached hydrogens (tertiary/aromatic N) is 1. The highest BCUT2D eigenvalue weighted by atomic mass is 16.6. The fraction of sp³-hybridized carbons (Fsp3) is 0.294. The molecule has 0 radical (unpaired) electrons. The van der Waals surface area contributed by atoms with Crippen molar-refractivity contribution >= 4 is 46.8 Å². The highest BCUT2D eigenvalue weighted by Crippen LogP contribution is 2.15. The maximum Gasteiger partial charge on any atom is 0.269 e. The fourth-order valence-electron chi connectivity index (χ4n) is 4.74. The van der Waals surface area contributed by atoms with E-state index in [1.807, 2.05) is 0 Å². The van der Waals surface area contributed by atoms with Gasteiger partial charge < -0.3 is 43.2 Å². The van der Waals surface area contributed by atoms with Gasteiger partial charge in [0.1, 0.15) is 24.2 Å². The molecule has 51 heavy (non-hydrogen) atoms. The smallest absolute Gasteiger partial charge is 0.269 e. The maximum atomic E-state index is 13.2. The van der Waals surface area contributed by atoms with Crippen LogP contribution in [0.25, 0.3) is 0 Å². The Morgan fingerprint density at radius 2 is 1.37 bits per heavy atom. The average Bonchev–Trinajstić information content (AvgIpc) is 3.10. The molecule has 5 atom stereocenters. The Labute approximate surface area is 292 Å². The number of aliphatic hydroxyl groups is 1. The van der Waals surface area contributed by atoms with Crippen LogP contribution in [0.5, 0.6) is 0 Å². The Morgan fingerprint density at radius 3 is 1.96 bits per heavy atom.